The highest BCUT2D eigenvalue weighted by atomic mass is 16.1. The zero-order chi connectivity index (χ0) is 17.4. The molecule has 1 saturated carbocycles. The molecule has 1 aliphatic heterocycles. The Morgan fingerprint density at radius 3 is 2.88 bits per heavy atom. The molecule has 1 fully saturated rings. The number of carbonyl (C=O) groups is 1. The summed E-state index contributed by atoms with van der Waals surface area (Å²) in [5, 5.41) is 7.42. The largest absolute Gasteiger partial charge is 0.355 e. The summed E-state index contributed by atoms with van der Waals surface area (Å²) in [5.74, 6) is 0.644. The first-order valence-corrected chi connectivity index (χ1v) is 9.08. The van der Waals surface area contributed by atoms with Gasteiger partial charge in [-0.3, -0.25) is 14.4 Å². The van der Waals surface area contributed by atoms with Crippen LogP contribution in [0.5, 0.6) is 0 Å². The van der Waals surface area contributed by atoms with Crippen molar-refractivity contribution in [2.24, 2.45) is 20.0 Å². The van der Waals surface area contributed by atoms with Crippen LogP contribution in [0, 0.1) is 5.92 Å². The molecule has 7 nitrogen and oxygen atoms in total. The predicted molar refractivity (Wildman–Crippen MR) is 93.6 cm³/mol. The number of nitrogens with zero attached hydrogens (tertiary/aromatic N) is 5. The zero-order valence-corrected chi connectivity index (χ0v) is 15.0. The van der Waals surface area contributed by atoms with Gasteiger partial charge in [-0.15, -0.1) is 0 Å². The molecule has 0 spiro atoms. The van der Waals surface area contributed by atoms with Crippen LogP contribution in [0.25, 0.3) is 0 Å². The van der Waals surface area contributed by atoms with Crippen molar-refractivity contribution >= 4 is 5.91 Å². The Kier molecular flexibility index (Phi) is 4.33. The van der Waals surface area contributed by atoms with Crippen LogP contribution in [0.15, 0.2) is 18.7 Å². The maximum absolute atomic E-state index is 12.9. The van der Waals surface area contributed by atoms with Crippen LogP contribution in [-0.2, 0) is 32.0 Å². The van der Waals surface area contributed by atoms with Gasteiger partial charge in [0.2, 0.25) is 5.91 Å². The quantitative estimate of drug-likeness (QED) is 0.886. The Balaban J connectivity index is 1.49. The van der Waals surface area contributed by atoms with Gasteiger partial charge < -0.3 is 9.88 Å². The van der Waals surface area contributed by atoms with E-state index in [9.17, 15) is 4.79 Å². The van der Waals surface area contributed by atoms with Crippen molar-refractivity contribution in [1.29, 1.82) is 0 Å². The number of imidazole rings is 1. The van der Waals surface area contributed by atoms with Gasteiger partial charge in [0.15, 0.2) is 0 Å². The summed E-state index contributed by atoms with van der Waals surface area (Å²) in [4.78, 5) is 19.7. The molecule has 2 aromatic rings. The predicted octanol–water partition coefficient (Wildman–Crippen LogP) is 1.17. The van der Waals surface area contributed by atoms with Gasteiger partial charge in [0.05, 0.1) is 29.8 Å². The minimum absolute atomic E-state index is 0.132. The maximum Gasteiger partial charge on any atom is 0.230 e. The van der Waals surface area contributed by atoms with Crippen molar-refractivity contribution in [2.45, 2.75) is 38.3 Å². The number of amides is 1. The Labute approximate surface area is 148 Å². The molecular weight excluding hydrogens is 316 g/mol. The van der Waals surface area contributed by atoms with Crippen LogP contribution in [0.4, 0.5) is 0 Å². The van der Waals surface area contributed by atoms with E-state index < -0.39 is 0 Å². The lowest BCUT2D eigenvalue weighted by molar-refractivity contribution is -0.123. The molecule has 1 N–H and O–H groups in total. The number of rotatable bonds is 5. The molecule has 2 aliphatic rings. The molecule has 4 rings (SSSR count). The van der Waals surface area contributed by atoms with Gasteiger partial charge in [-0.05, 0) is 18.8 Å². The van der Waals surface area contributed by atoms with Crippen LogP contribution in [0.3, 0.4) is 0 Å². The Bertz CT molecular complexity index is 759. The average molecular weight is 342 g/mol. The van der Waals surface area contributed by atoms with Crippen molar-refractivity contribution in [1.82, 2.24) is 29.5 Å². The lowest BCUT2D eigenvalue weighted by Crippen LogP contribution is -2.43. The topological polar surface area (TPSA) is 68.0 Å². The first-order chi connectivity index (χ1) is 12.1. The second kappa shape index (κ2) is 6.63. The molecule has 134 valence electrons. The van der Waals surface area contributed by atoms with Gasteiger partial charge in [-0.25, -0.2) is 4.98 Å². The SMILES string of the molecule is Cn1cc(CN2Cc3ncn(C)c3[C@H](C(=O)NCC3CCC3)C2)cn1. The number of hydrogen-bond acceptors (Lipinski definition) is 4. The molecule has 1 amide bonds. The van der Waals surface area contributed by atoms with Crippen molar-refractivity contribution in [3.63, 3.8) is 0 Å². The van der Waals surface area contributed by atoms with Crippen molar-refractivity contribution in [2.75, 3.05) is 13.1 Å². The number of hydrogen-bond donors (Lipinski definition) is 1. The third-order valence-corrected chi connectivity index (χ3v) is 5.48. The molecule has 1 atom stereocenters. The molecular formula is C18H26N6O. The molecule has 1 aliphatic carbocycles. The summed E-state index contributed by atoms with van der Waals surface area (Å²) in [5.41, 5.74) is 3.24. The molecule has 0 bridgehead atoms. The number of fused-ring (bicyclic) bond motifs is 1. The van der Waals surface area contributed by atoms with E-state index in [2.05, 4.69) is 20.3 Å². The summed E-state index contributed by atoms with van der Waals surface area (Å²) in [6.45, 7) is 3.09. The highest BCUT2D eigenvalue weighted by Crippen LogP contribution is 2.29. The lowest BCUT2D eigenvalue weighted by Gasteiger charge is -2.33. The summed E-state index contributed by atoms with van der Waals surface area (Å²) in [6.07, 6.45) is 9.53. The van der Waals surface area contributed by atoms with Gasteiger partial charge in [-0.1, -0.05) is 6.42 Å². The van der Waals surface area contributed by atoms with E-state index in [1.807, 2.05) is 42.1 Å². The smallest absolute Gasteiger partial charge is 0.230 e. The third-order valence-electron chi connectivity index (χ3n) is 5.48. The first kappa shape index (κ1) is 16.3. The van der Waals surface area contributed by atoms with E-state index in [0.29, 0.717) is 5.92 Å². The number of nitrogens with one attached hydrogen (secondary N) is 1. The van der Waals surface area contributed by atoms with E-state index in [0.717, 1.165) is 43.1 Å². The van der Waals surface area contributed by atoms with Crippen molar-refractivity contribution < 1.29 is 4.79 Å². The fraction of sp³-hybridized carbons (Fsp3) is 0.611. The molecule has 0 saturated heterocycles. The molecule has 25 heavy (non-hydrogen) atoms. The fourth-order valence-corrected chi connectivity index (χ4v) is 3.88. The number of carbonyl (C=O) groups excluding carboxylic acids is 1. The van der Waals surface area contributed by atoms with Gasteiger partial charge in [-0.2, -0.15) is 5.10 Å². The summed E-state index contributed by atoms with van der Waals surface area (Å²) in [6, 6.07) is 0. The summed E-state index contributed by atoms with van der Waals surface area (Å²) < 4.78 is 3.82. The Morgan fingerprint density at radius 2 is 2.20 bits per heavy atom. The van der Waals surface area contributed by atoms with Gasteiger partial charge >= 0.3 is 0 Å². The monoisotopic (exact) mass is 342 g/mol. The van der Waals surface area contributed by atoms with E-state index in [1.54, 1.807) is 0 Å². The average Bonchev–Trinajstić information content (AvgIpc) is 3.11. The second-order valence-electron chi connectivity index (χ2n) is 7.47. The molecule has 0 aromatic carbocycles. The fourth-order valence-electron chi connectivity index (χ4n) is 3.88. The highest BCUT2D eigenvalue weighted by Gasteiger charge is 2.34. The minimum Gasteiger partial charge on any atom is -0.355 e. The Hall–Kier alpha value is -2.15. The normalized spacial score (nSPS) is 21.0. The third kappa shape index (κ3) is 3.33. The lowest BCUT2D eigenvalue weighted by atomic mass is 9.85. The van der Waals surface area contributed by atoms with Crippen molar-refractivity contribution in [3.8, 4) is 0 Å². The molecule has 2 aromatic heterocycles. The standard InChI is InChI=1S/C18H26N6O/c1-22-12-20-16-11-24(9-14-7-21-23(2)8-14)10-15(17(16)22)18(25)19-6-13-4-3-5-13/h7-8,12-13,15H,3-6,9-11H2,1-2H3,(H,19,25)/t15-/m1/s1. The van der Waals surface area contributed by atoms with Crippen LogP contribution in [0.1, 0.15) is 42.1 Å². The first-order valence-electron chi connectivity index (χ1n) is 9.08. The molecule has 0 radical (unpaired) electrons. The number of aryl methyl sites for hydroxylation is 2. The zero-order valence-electron chi connectivity index (χ0n) is 15.0. The van der Waals surface area contributed by atoms with E-state index >= 15 is 0 Å². The van der Waals surface area contributed by atoms with E-state index in [4.69, 9.17) is 0 Å². The highest BCUT2D eigenvalue weighted by molar-refractivity contribution is 5.84. The van der Waals surface area contributed by atoms with Crippen LogP contribution >= 0.6 is 0 Å². The summed E-state index contributed by atoms with van der Waals surface area (Å²) in [7, 11) is 3.90. The van der Waals surface area contributed by atoms with E-state index in [-0.39, 0.29) is 11.8 Å². The van der Waals surface area contributed by atoms with Gasteiger partial charge in [0.1, 0.15) is 0 Å². The molecule has 7 heteroatoms. The van der Waals surface area contributed by atoms with E-state index in [1.165, 1.54) is 19.3 Å². The van der Waals surface area contributed by atoms with Gasteiger partial charge in [0.25, 0.3) is 0 Å². The second-order valence-corrected chi connectivity index (χ2v) is 7.47. The summed E-state index contributed by atoms with van der Waals surface area (Å²) >= 11 is 0. The Morgan fingerprint density at radius 1 is 1.36 bits per heavy atom. The van der Waals surface area contributed by atoms with Crippen molar-refractivity contribution in [3.05, 3.63) is 35.7 Å². The molecule has 0 unspecified atom stereocenters. The minimum atomic E-state index is -0.159. The molecule has 3 heterocycles. The maximum atomic E-state index is 12.9. The van der Waals surface area contributed by atoms with Crippen LogP contribution in [-0.4, -0.2) is 43.2 Å². The van der Waals surface area contributed by atoms with Crippen LogP contribution in [0.2, 0.25) is 0 Å². The van der Waals surface area contributed by atoms with Gasteiger partial charge in [0, 0.05) is 52.0 Å². The number of aromatic nitrogens is 4. The van der Waals surface area contributed by atoms with Crippen LogP contribution < -0.4 is 5.32 Å².